The number of rotatable bonds is 2. The molecule has 0 aliphatic carbocycles. The van der Waals surface area contributed by atoms with Gasteiger partial charge in [-0.15, -0.1) is 0 Å². The topological polar surface area (TPSA) is 26.0 Å². The second-order valence-corrected chi connectivity index (χ2v) is 4.94. The van der Waals surface area contributed by atoms with Crippen LogP contribution in [0, 0.1) is 0 Å². The van der Waals surface area contributed by atoms with Crippen molar-refractivity contribution in [2.45, 2.75) is 6.04 Å². The van der Waals surface area contributed by atoms with E-state index < -0.39 is 0 Å². The fraction of sp³-hybridized carbons (Fsp3) is 0.0769. The lowest BCUT2D eigenvalue weighted by Crippen LogP contribution is -2.11. The maximum Gasteiger partial charge on any atom is 0.0552 e. The van der Waals surface area contributed by atoms with Crippen molar-refractivity contribution in [1.29, 1.82) is 0 Å². The van der Waals surface area contributed by atoms with Crippen LogP contribution in [0.1, 0.15) is 17.2 Å². The molecule has 2 rings (SSSR count). The molecule has 1 atom stereocenters. The summed E-state index contributed by atoms with van der Waals surface area (Å²) < 4.78 is 0.946. The molecule has 1 nitrogen and oxygen atoms in total. The van der Waals surface area contributed by atoms with Crippen LogP contribution in [-0.4, -0.2) is 0 Å². The highest BCUT2D eigenvalue weighted by Gasteiger charge is 2.09. The maximum absolute atomic E-state index is 6.17. The van der Waals surface area contributed by atoms with Crippen LogP contribution in [0.15, 0.2) is 53.0 Å². The lowest BCUT2D eigenvalue weighted by molar-refractivity contribution is 0.871. The Bertz CT molecular complexity index is 464. The van der Waals surface area contributed by atoms with Gasteiger partial charge in [0.05, 0.1) is 6.04 Å². The summed E-state index contributed by atoms with van der Waals surface area (Å²) in [6.07, 6.45) is 0. The Labute approximate surface area is 108 Å². The maximum atomic E-state index is 6.17. The zero-order chi connectivity index (χ0) is 11.5. The van der Waals surface area contributed by atoms with Crippen molar-refractivity contribution in [3.8, 4) is 0 Å². The van der Waals surface area contributed by atoms with Crippen molar-refractivity contribution in [2.24, 2.45) is 5.73 Å². The molecule has 0 spiro atoms. The molecule has 3 heteroatoms. The Hall–Kier alpha value is -0.830. The molecule has 0 aliphatic rings. The van der Waals surface area contributed by atoms with Gasteiger partial charge in [-0.3, -0.25) is 0 Å². The van der Waals surface area contributed by atoms with Crippen LogP contribution in [0.4, 0.5) is 0 Å². The van der Waals surface area contributed by atoms with Crippen molar-refractivity contribution in [3.63, 3.8) is 0 Å². The normalized spacial score (nSPS) is 12.4. The summed E-state index contributed by atoms with van der Waals surface area (Å²) in [4.78, 5) is 0. The second-order valence-electron chi connectivity index (χ2n) is 3.59. The molecule has 0 amide bonds. The first-order valence-corrected chi connectivity index (χ1v) is 6.10. The Morgan fingerprint density at radius 2 is 1.69 bits per heavy atom. The molecule has 0 aliphatic heterocycles. The highest BCUT2D eigenvalue weighted by atomic mass is 79.9. The van der Waals surface area contributed by atoms with E-state index in [0.29, 0.717) is 5.02 Å². The van der Waals surface area contributed by atoms with Gasteiger partial charge in [0.15, 0.2) is 0 Å². The van der Waals surface area contributed by atoms with Crippen molar-refractivity contribution in [2.75, 3.05) is 0 Å². The zero-order valence-electron chi connectivity index (χ0n) is 8.53. The molecular weight excluding hydrogens is 286 g/mol. The molecule has 1 unspecified atom stereocenters. The largest absolute Gasteiger partial charge is 0.320 e. The van der Waals surface area contributed by atoms with Crippen LogP contribution in [0.5, 0.6) is 0 Å². The molecule has 2 N–H and O–H groups in total. The summed E-state index contributed by atoms with van der Waals surface area (Å²) in [6.45, 7) is 0. The smallest absolute Gasteiger partial charge is 0.0552 e. The van der Waals surface area contributed by atoms with Crippen molar-refractivity contribution >= 4 is 27.5 Å². The van der Waals surface area contributed by atoms with Crippen LogP contribution < -0.4 is 5.73 Å². The minimum Gasteiger partial charge on any atom is -0.320 e. The van der Waals surface area contributed by atoms with Crippen LogP contribution in [0.25, 0.3) is 0 Å². The van der Waals surface area contributed by atoms with Gasteiger partial charge in [0, 0.05) is 9.50 Å². The van der Waals surface area contributed by atoms with Crippen molar-refractivity contribution in [1.82, 2.24) is 0 Å². The number of hydrogen-bond acceptors (Lipinski definition) is 1. The molecule has 2 aromatic rings. The van der Waals surface area contributed by atoms with Gasteiger partial charge in [0.1, 0.15) is 0 Å². The first-order valence-electron chi connectivity index (χ1n) is 4.93. The Morgan fingerprint density at radius 3 is 2.31 bits per heavy atom. The lowest BCUT2D eigenvalue weighted by Gasteiger charge is -2.13. The van der Waals surface area contributed by atoms with Gasteiger partial charge >= 0.3 is 0 Å². The summed E-state index contributed by atoms with van der Waals surface area (Å²) in [5.74, 6) is 0. The lowest BCUT2D eigenvalue weighted by atomic mass is 10.00. The van der Waals surface area contributed by atoms with Crippen LogP contribution in [0.2, 0.25) is 5.02 Å². The van der Waals surface area contributed by atoms with E-state index in [4.69, 9.17) is 17.3 Å². The van der Waals surface area contributed by atoms with E-state index in [1.165, 1.54) is 0 Å². The van der Waals surface area contributed by atoms with Gasteiger partial charge in [0.2, 0.25) is 0 Å². The molecule has 0 saturated carbocycles. The summed E-state index contributed by atoms with van der Waals surface area (Å²) in [5.41, 5.74) is 8.26. The van der Waals surface area contributed by atoms with Crippen LogP contribution in [-0.2, 0) is 0 Å². The molecule has 0 aromatic heterocycles. The summed E-state index contributed by atoms with van der Waals surface area (Å²) in [7, 11) is 0. The van der Waals surface area contributed by atoms with Gasteiger partial charge in [-0.25, -0.2) is 0 Å². The first-order chi connectivity index (χ1) is 7.66. The average molecular weight is 297 g/mol. The predicted octanol–water partition coefficient (Wildman–Crippen LogP) is 4.15. The molecule has 0 heterocycles. The first kappa shape index (κ1) is 11.6. The van der Waals surface area contributed by atoms with E-state index in [2.05, 4.69) is 15.9 Å². The molecule has 0 radical (unpaired) electrons. The van der Waals surface area contributed by atoms with Gasteiger partial charge in [0.25, 0.3) is 0 Å². The van der Waals surface area contributed by atoms with E-state index in [1.54, 1.807) is 0 Å². The third-order valence-electron chi connectivity index (χ3n) is 2.40. The van der Waals surface area contributed by atoms with Crippen LogP contribution >= 0.6 is 27.5 Å². The Kier molecular flexibility index (Phi) is 3.64. The Morgan fingerprint density at radius 1 is 1.00 bits per heavy atom. The van der Waals surface area contributed by atoms with E-state index in [9.17, 15) is 0 Å². The number of hydrogen-bond donors (Lipinski definition) is 1. The molecular formula is C13H11BrClN. The highest BCUT2D eigenvalue weighted by molar-refractivity contribution is 9.10. The van der Waals surface area contributed by atoms with Crippen LogP contribution in [0.3, 0.4) is 0 Å². The van der Waals surface area contributed by atoms with E-state index in [-0.39, 0.29) is 6.04 Å². The quantitative estimate of drug-likeness (QED) is 0.885. The summed E-state index contributed by atoms with van der Waals surface area (Å²) in [5, 5.41) is 0.691. The zero-order valence-corrected chi connectivity index (χ0v) is 10.9. The third kappa shape index (κ3) is 2.64. The third-order valence-corrected chi connectivity index (χ3v) is 3.08. The fourth-order valence-electron chi connectivity index (χ4n) is 1.61. The summed E-state index contributed by atoms with van der Waals surface area (Å²) >= 11 is 9.41. The molecule has 0 fully saturated rings. The second kappa shape index (κ2) is 5.00. The molecule has 82 valence electrons. The number of halogens is 2. The number of nitrogens with two attached hydrogens (primary N) is 1. The SMILES string of the molecule is NC(c1ccccc1)c1cc(Cl)cc(Br)c1. The summed E-state index contributed by atoms with van der Waals surface area (Å²) in [6, 6.07) is 15.6. The van der Waals surface area contributed by atoms with E-state index in [1.807, 2.05) is 48.5 Å². The van der Waals surface area contributed by atoms with E-state index >= 15 is 0 Å². The highest BCUT2D eigenvalue weighted by Crippen LogP contribution is 2.26. The number of benzene rings is 2. The Balaban J connectivity index is 2.37. The van der Waals surface area contributed by atoms with Gasteiger partial charge < -0.3 is 5.73 Å². The van der Waals surface area contributed by atoms with Crippen molar-refractivity contribution < 1.29 is 0 Å². The van der Waals surface area contributed by atoms with Gasteiger partial charge in [-0.05, 0) is 29.3 Å². The van der Waals surface area contributed by atoms with Gasteiger partial charge in [-0.1, -0.05) is 57.9 Å². The molecule has 2 aromatic carbocycles. The van der Waals surface area contributed by atoms with Gasteiger partial charge in [-0.2, -0.15) is 0 Å². The fourth-order valence-corrected chi connectivity index (χ4v) is 2.49. The standard InChI is InChI=1S/C13H11BrClN/c14-11-6-10(7-12(15)8-11)13(16)9-4-2-1-3-5-9/h1-8,13H,16H2. The predicted molar refractivity (Wildman–Crippen MR) is 71.6 cm³/mol. The molecule has 0 saturated heterocycles. The minimum absolute atomic E-state index is 0.142. The minimum atomic E-state index is -0.142. The monoisotopic (exact) mass is 295 g/mol. The average Bonchev–Trinajstić information content (AvgIpc) is 2.28. The molecule has 16 heavy (non-hydrogen) atoms. The van der Waals surface area contributed by atoms with Crippen molar-refractivity contribution in [3.05, 3.63) is 69.2 Å². The van der Waals surface area contributed by atoms with E-state index in [0.717, 1.165) is 15.6 Å². The molecule has 0 bridgehead atoms.